The molecule has 22 heavy (non-hydrogen) atoms. The first-order chi connectivity index (χ1) is 10.5. The third-order valence-corrected chi connectivity index (χ3v) is 4.43. The van der Waals surface area contributed by atoms with E-state index >= 15 is 0 Å². The summed E-state index contributed by atoms with van der Waals surface area (Å²) in [4.78, 5) is 11.7. The number of carboxylic acid groups (broad SMARTS) is 1. The largest absolute Gasteiger partial charge is 0.481 e. The van der Waals surface area contributed by atoms with Gasteiger partial charge in [0.2, 0.25) is 0 Å². The summed E-state index contributed by atoms with van der Waals surface area (Å²) in [7, 11) is 1.91. The third kappa shape index (κ3) is 4.47. The van der Waals surface area contributed by atoms with Crippen molar-refractivity contribution in [2.75, 3.05) is 25.5 Å². The molecular formula is C18H28N2O2. The summed E-state index contributed by atoms with van der Waals surface area (Å²) in [6.45, 7) is 6.16. The molecule has 1 saturated heterocycles. The van der Waals surface area contributed by atoms with E-state index in [0.29, 0.717) is 12.3 Å². The molecule has 1 heterocycles. The molecule has 3 N–H and O–H groups in total. The topological polar surface area (TPSA) is 61.4 Å². The number of anilines is 1. The average molecular weight is 304 g/mol. The lowest BCUT2D eigenvalue weighted by atomic mass is 9.85. The predicted octanol–water partition coefficient (Wildman–Crippen LogP) is 2.78. The van der Waals surface area contributed by atoms with E-state index in [1.165, 1.54) is 5.56 Å². The van der Waals surface area contributed by atoms with Crippen LogP contribution >= 0.6 is 0 Å². The van der Waals surface area contributed by atoms with Crippen LogP contribution in [0.15, 0.2) is 18.2 Å². The fourth-order valence-electron chi connectivity index (χ4n) is 3.34. The molecule has 0 aromatic heterocycles. The van der Waals surface area contributed by atoms with Crippen LogP contribution < -0.4 is 10.6 Å². The van der Waals surface area contributed by atoms with E-state index in [1.807, 2.05) is 7.05 Å². The Kier molecular flexibility index (Phi) is 5.83. The van der Waals surface area contributed by atoms with Crippen molar-refractivity contribution in [3.8, 4) is 0 Å². The van der Waals surface area contributed by atoms with E-state index in [0.717, 1.165) is 37.2 Å². The summed E-state index contributed by atoms with van der Waals surface area (Å²) >= 11 is 0. The van der Waals surface area contributed by atoms with Gasteiger partial charge in [0, 0.05) is 12.7 Å². The number of rotatable bonds is 7. The molecule has 1 aliphatic rings. The number of benzene rings is 1. The van der Waals surface area contributed by atoms with Crippen molar-refractivity contribution >= 4 is 11.7 Å². The Bertz CT molecular complexity index is 508. The van der Waals surface area contributed by atoms with Crippen molar-refractivity contribution in [3.63, 3.8) is 0 Å². The SMILES string of the molecule is CNc1cc(CC(C)C)cc(CC(C(=O)O)C2CCNC2)c1. The Hall–Kier alpha value is -1.55. The average Bonchev–Trinajstić information content (AvgIpc) is 2.97. The van der Waals surface area contributed by atoms with Gasteiger partial charge in [-0.2, -0.15) is 0 Å². The third-order valence-electron chi connectivity index (χ3n) is 4.43. The summed E-state index contributed by atoms with van der Waals surface area (Å²) in [5.41, 5.74) is 3.48. The molecule has 0 saturated carbocycles. The molecule has 1 aromatic carbocycles. The van der Waals surface area contributed by atoms with Crippen LogP contribution in [0.5, 0.6) is 0 Å². The summed E-state index contributed by atoms with van der Waals surface area (Å²) in [6, 6.07) is 6.43. The number of aliphatic carboxylic acids is 1. The van der Waals surface area contributed by atoms with Crippen molar-refractivity contribution in [1.82, 2.24) is 5.32 Å². The molecule has 1 aromatic rings. The van der Waals surface area contributed by atoms with Gasteiger partial charge in [-0.1, -0.05) is 19.9 Å². The minimum Gasteiger partial charge on any atom is -0.481 e. The van der Waals surface area contributed by atoms with Crippen LogP contribution in [0.4, 0.5) is 5.69 Å². The van der Waals surface area contributed by atoms with Crippen molar-refractivity contribution in [3.05, 3.63) is 29.3 Å². The summed E-state index contributed by atoms with van der Waals surface area (Å²) < 4.78 is 0. The van der Waals surface area contributed by atoms with Crippen LogP contribution in [0.3, 0.4) is 0 Å². The summed E-state index contributed by atoms with van der Waals surface area (Å²) in [5, 5.41) is 16.1. The van der Waals surface area contributed by atoms with E-state index in [1.54, 1.807) is 0 Å². The Labute approximate surface area is 133 Å². The predicted molar refractivity (Wildman–Crippen MR) is 90.3 cm³/mol. The van der Waals surface area contributed by atoms with Gasteiger partial charge >= 0.3 is 5.97 Å². The molecule has 0 radical (unpaired) electrons. The van der Waals surface area contributed by atoms with Crippen LogP contribution in [0.25, 0.3) is 0 Å². The Morgan fingerprint density at radius 2 is 2.00 bits per heavy atom. The van der Waals surface area contributed by atoms with Gasteiger partial charge in [0.05, 0.1) is 5.92 Å². The number of hydrogen-bond acceptors (Lipinski definition) is 3. The summed E-state index contributed by atoms with van der Waals surface area (Å²) in [5.74, 6) is -0.137. The molecule has 1 aliphatic heterocycles. The lowest BCUT2D eigenvalue weighted by molar-refractivity contribution is -0.143. The fourth-order valence-corrected chi connectivity index (χ4v) is 3.34. The van der Waals surface area contributed by atoms with Crippen LogP contribution in [0.1, 0.15) is 31.4 Å². The molecule has 4 nitrogen and oxygen atoms in total. The first-order valence-corrected chi connectivity index (χ1v) is 8.23. The second-order valence-electron chi connectivity index (χ2n) is 6.79. The van der Waals surface area contributed by atoms with E-state index in [4.69, 9.17) is 0 Å². The van der Waals surface area contributed by atoms with E-state index in [-0.39, 0.29) is 11.8 Å². The van der Waals surface area contributed by atoms with E-state index in [9.17, 15) is 9.90 Å². The molecule has 2 rings (SSSR count). The molecule has 0 spiro atoms. The van der Waals surface area contributed by atoms with Gasteiger partial charge in [0.25, 0.3) is 0 Å². The van der Waals surface area contributed by atoms with Crippen LogP contribution in [0.2, 0.25) is 0 Å². The van der Waals surface area contributed by atoms with Crippen LogP contribution in [-0.4, -0.2) is 31.2 Å². The van der Waals surface area contributed by atoms with Gasteiger partial charge in [0.15, 0.2) is 0 Å². The van der Waals surface area contributed by atoms with Crippen LogP contribution in [0, 0.1) is 17.8 Å². The second kappa shape index (κ2) is 7.63. The number of nitrogens with one attached hydrogen (secondary N) is 2. The number of hydrogen-bond donors (Lipinski definition) is 3. The maximum absolute atomic E-state index is 11.7. The number of carboxylic acids is 1. The highest BCUT2D eigenvalue weighted by atomic mass is 16.4. The van der Waals surface area contributed by atoms with Gasteiger partial charge in [0.1, 0.15) is 0 Å². The monoisotopic (exact) mass is 304 g/mol. The standard InChI is InChI=1S/C18H28N2O2/c1-12(2)6-13-7-14(9-16(8-13)19-3)10-17(18(21)22)15-4-5-20-11-15/h7-9,12,15,17,19-20H,4-6,10-11H2,1-3H3,(H,21,22). The van der Waals surface area contributed by atoms with E-state index < -0.39 is 5.97 Å². The molecule has 4 heteroatoms. The Balaban J connectivity index is 2.19. The van der Waals surface area contributed by atoms with Crippen molar-refractivity contribution in [1.29, 1.82) is 0 Å². The highest BCUT2D eigenvalue weighted by Gasteiger charge is 2.30. The Morgan fingerprint density at radius 3 is 2.50 bits per heavy atom. The van der Waals surface area contributed by atoms with Crippen LogP contribution in [-0.2, 0) is 17.6 Å². The van der Waals surface area contributed by atoms with E-state index in [2.05, 4.69) is 42.7 Å². The minimum atomic E-state index is -0.672. The molecule has 1 fully saturated rings. The lowest BCUT2D eigenvalue weighted by Crippen LogP contribution is -2.27. The fraction of sp³-hybridized carbons (Fsp3) is 0.611. The second-order valence-corrected chi connectivity index (χ2v) is 6.79. The molecular weight excluding hydrogens is 276 g/mol. The van der Waals surface area contributed by atoms with Gasteiger partial charge < -0.3 is 15.7 Å². The van der Waals surface area contributed by atoms with Gasteiger partial charge in [-0.15, -0.1) is 0 Å². The first kappa shape index (κ1) is 16.8. The molecule has 0 bridgehead atoms. The van der Waals surface area contributed by atoms with Crippen molar-refractivity contribution in [2.24, 2.45) is 17.8 Å². The smallest absolute Gasteiger partial charge is 0.307 e. The molecule has 0 amide bonds. The Morgan fingerprint density at radius 1 is 1.32 bits per heavy atom. The summed E-state index contributed by atoms with van der Waals surface area (Å²) in [6.07, 6.45) is 2.59. The van der Waals surface area contributed by atoms with Gasteiger partial charge in [-0.3, -0.25) is 4.79 Å². The normalized spacial score (nSPS) is 19.4. The lowest BCUT2D eigenvalue weighted by Gasteiger charge is -2.20. The zero-order chi connectivity index (χ0) is 16.1. The van der Waals surface area contributed by atoms with Gasteiger partial charge in [-0.25, -0.2) is 0 Å². The zero-order valence-electron chi connectivity index (χ0n) is 13.9. The maximum Gasteiger partial charge on any atom is 0.307 e. The first-order valence-electron chi connectivity index (χ1n) is 8.23. The quantitative estimate of drug-likeness (QED) is 0.725. The maximum atomic E-state index is 11.7. The minimum absolute atomic E-state index is 0.240. The zero-order valence-corrected chi connectivity index (χ0v) is 13.9. The number of carbonyl (C=O) groups is 1. The van der Waals surface area contributed by atoms with Gasteiger partial charge in [-0.05, 0) is 67.4 Å². The molecule has 2 atom stereocenters. The molecule has 0 aliphatic carbocycles. The van der Waals surface area contributed by atoms with Crippen molar-refractivity contribution < 1.29 is 9.90 Å². The highest BCUT2D eigenvalue weighted by molar-refractivity contribution is 5.71. The highest BCUT2D eigenvalue weighted by Crippen LogP contribution is 2.26. The molecule has 122 valence electrons. The molecule has 2 unspecified atom stereocenters. The van der Waals surface area contributed by atoms with Crippen molar-refractivity contribution in [2.45, 2.75) is 33.1 Å².